The number of nitrogens with zero attached hydrogens (tertiary/aromatic N) is 3. The molecule has 1 fully saturated rings. The van der Waals surface area contributed by atoms with E-state index in [1.54, 1.807) is 4.90 Å². The predicted octanol–water partition coefficient (Wildman–Crippen LogP) is 1.66. The van der Waals surface area contributed by atoms with Crippen molar-refractivity contribution >= 4 is 17.4 Å². The topological polar surface area (TPSA) is 88.4 Å². The maximum atomic E-state index is 12.3. The van der Waals surface area contributed by atoms with Crippen molar-refractivity contribution in [3.8, 4) is 0 Å². The molecule has 7 heteroatoms. The zero-order valence-corrected chi connectivity index (χ0v) is 10.8. The Morgan fingerprint density at radius 3 is 2.79 bits per heavy atom. The molecule has 2 rings (SSSR count). The van der Waals surface area contributed by atoms with Crippen molar-refractivity contribution in [2.24, 2.45) is 0 Å². The lowest BCUT2D eigenvalue weighted by atomic mass is 10.2. The molecule has 1 amide bonds. The normalized spacial score (nSPS) is 14.5. The Labute approximate surface area is 110 Å². The number of hydrogen-bond acceptors (Lipinski definition) is 5. The number of nitrogens with one attached hydrogen (secondary N) is 1. The SMILES string of the molecule is CCNc1ncc([N+](=O)[O-])cc1C(=O)N1CCCC1. The van der Waals surface area contributed by atoms with E-state index in [9.17, 15) is 14.9 Å². The van der Waals surface area contributed by atoms with Crippen LogP contribution in [0, 0.1) is 10.1 Å². The molecule has 19 heavy (non-hydrogen) atoms. The summed E-state index contributed by atoms with van der Waals surface area (Å²) in [7, 11) is 0. The Bertz CT molecular complexity index is 498. The lowest BCUT2D eigenvalue weighted by Gasteiger charge is -2.17. The molecular formula is C12H16N4O3. The number of likely N-dealkylation sites (tertiary alicyclic amines) is 1. The monoisotopic (exact) mass is 264 g/mol. The second-order valence-corrected chi connectivity index (χ2v) is 4.38. The largest absolute Gasteiger partial charge is 0.370 e. The summed E-state index contributed by atoms with van der Waals surface area (Å²) in [6, 6.07) is 1.30. The van der Waals surface area contributed by atoms with Gasteiger partial charge in [-0.2, -0.15) is 0 Å². The highest BCUT2D eigenvalue weighted by molar-refractivity contribution is 5.99. The van der Waals surface area contributed by atoms with E-state index in [4.69, 9.17) is 0 Å². The molecule has 0 radical (unpaired) electrons. The van der Waals surface area contributed by atoms with Gasteiger partial charge in [0.1, 0.15) is 12.0 Å². The third-order valence-electron chi connectivity index (χ3n) is 3.05. The summed E-state index contributed by atoms with van der Waals surface area (Å²) in [5, 5.41) is 13.8. The van der Waals surface area contributed by atoms with E-state index in [2.05, 4.69) is 10.3 Å². The van der Waals surface area contributed by atoms with Gasteiger partial charge in [0, 0.05) is 25.7 Å². The van der Waals surface area contributed by atoms with E-state index in [-0.39, 0.29) is 17.2 Å². The van der Waals surface area contributed by atoms with Crippen molar-refractivity contribution in [3.63, 3.8) is 0 Å². The number of pyridine rings is 1. The molecule has 1 saturated heterocycles. The van der Waals surface area contributed by atoms with Gasteiger partial charge in [0.2, 0.25) is 0 Å². The van der Waals surface area contributed by atoms with Gasteiger partial charge in [-0.05, 0) is 19.8 Å². The Balaban J connectivity index is 2.35. The first kappa shape index (κ1) is 13.3. The van der Waals surface area contributed by atoms with Gasteiger partial charge >= 0.3 is 0 Å². The number of rotatable bonds is 4. The molecule has 1 aliphatic rings. The van der Waals surface area contributed by atoms with E-state index < -0.39 is 4.92 Å². The molecular weight excluding hydrogens is 248 g/mol. The van der Waals surface area contributed by atoms with Crippen LogP contribution in [0.1, 0.15) is 30.1 Å². The zero-order valence-electron chi connectivity index (χ0n) is 10.8. The highest BCUT2D eigenvalue weighted by Crippen LogP contribution is 2.22. The summed E-state index contributed by atoms with van der Waals surface area (Å²) < 4.78 is 0. The first-order valence-corrected chi connectivity index (χ1v) is 6.31. The molecule has 0 atom stereocenters. The number of carbonyl (C=O) groups excluding carboxylic acids is 1. The average molecular weight is 264 g/mol. The first-order chi connectivity index (χ1) is 9.13. The van der Waals surface area contributed by atoms with E-state index in [1.165, 1.54) is 12.3 Å². The van der Waals surface area contributed by atoms with Gasteiger partial charge in [-0.1, -0.05) is 0 Å². The predicted molar refractivity (Wildman–Crippen MR) is 70.2 cm³/mol. The van der Waals surface area contributed by atoms with Gasteiger partial charge in [0.15, 0.2) is 0 Å². The smallest absolute Gasteiger partial charge is 0.288 e. The molecule has 1 aliphatic heterocycles. The van der Waals surface area contributed by atoms with Gasteiger partial charge in [-0.3, -0.25) is 14.9 Å². The van der Waals surface area contributed by atoms with Crippen LogP contribution in [-0.2, 0) is 0 Å². The van der Waals surface area contributed by atoms with Gasteiger partial charge < -0.3 is 10.2 Å². The molecule has 1 aromatic rings. The van der Waals surface area contributed by atoms with Crippen LogP contribution in [0.2, 0.25) is 0 Å². The summed E-state index contributed by atoms with van der Waals surface area (Å²) in [6.45, 7) is 3.89. The summed E-state index contributed by atoms with van der Waals surface area (Å²) in [4.78, 5) is 28.3. The van der Waals surface area contributed by atoms with Crippen LogP contribution < -0.4 is 5.32 Å². The van der Waals surface area contributed by atoms with Crippen LogP contribution in [-0.4, -0.2) is 40.3 Å². The third-order valence-corrected chi connectivity index (χ3v) is 3.05. The van der Waals surface area contributed by atoms with Gasteiger partial charge in [-0.15, -0.1) is 0 Å². The maximum absolute atomic E-state index is 12.3. The van der Waals surface area contributed by atoms with Crippen LogP contribution in [0.15, 0.2) is 12.3 Å². The summed E-state index contributed by atoms with van der Waals surface area (Å²) in [5.41, 5.74) is 0.113. The molecule has 0 saturated carbocycles. The highest BCUT2D eigenvalue weighted by Gasteiger charge is 2.24. The second-order valence-electron chi connectivity index (χ2n) is 4.38. The Morgan fingerprint density at radius 2 is 2.21 bits per heavy atom. The lowest BCUT2D eigenvalue weighted by Crippen LogP contribution is -2.28. The fraction of sp³-hybridized carbons (Fsp3) is 0.500. The van der Waals surface area contributed by atoms with Crippen LogP contribution in [0.4, 0.5) is 11.5 Å². The number of hydrogen-bond donors (Lipinski definition) is 1. The highest BCUT2D eigenvalue weighted by atomic mass is 16.6. The zero-order chi connectivity index (χ0) is 13.8. The Kier molecular flexibility index (Phi) is 3.94. The maximum Gasteiger partial charge on any atom is 0.288 e. The number of nitro groups is 1. The molecule has 0 spiro atoms. The molecule has 0 unspecified atom stereocenters. The minimum atomic E-state index is -0.538. The van der Waals surface area contributed by atoms with E-state index in [1.807, 2.05) is 6.92 Å². The number of amides is 1. The third kappa shape index (κ3) is 2.81. The Morgan fingerprint density at radius 1 is 1.53 bits per heavy atom. The molecule has 1 N–H and O–H groups in total. The Hall–Kier alpha value is -2.18. The fourth-order valence-electron chi connectivity index (χ4n) is 2.12. The van der Waals surface area contributed by atoms with Crippen LogP contribution in [0.25, 0.3) is 0 Å². The second kappa shape index (κ2) is 5.64. The molecule has 0 bridgehead atoms. The minimum absolute atomic E-state index is 0.163. The van der Waals surface area contributed by atoms with Gasteiger partial charge in [0.05, 0.1) is 10.5 Å². The fourth-order valence-corrected chi connectivity index (χ4v) is 2.12. The van der Waals surface area contributed by atoms with Crippen molar-refractivity contribution in [2.45, 2.75) is 19.8 Å². The van der Waals surface area contributed by atoms with E-state index >= 15 is 0 Å². The van der Waals surface area contributed by atoms with Crippen LogP contribution in [0.5, 0.6) is 0 Å². The molecule has 7 nitrogen and oxygen atoms in total. The first-order valence-electron chi connectivity index (χ1n) is 6.31. The van der Waals surface area contributed by atoms with Crippen molar-refractivity contribution in [1.82, 2.24) is 9.88 Å². The van der Waals surface area contributed by atoms with Crippen molar-refractivity contribution in [2.75, 3.05) is 25.0 Å². The molecule has 0 aromatic carbocycles. The van der Waals surface area contributed by atoms with Gasteiger partial charge in [0.25, 0.3) is 11.6 Å². The van der Waals surface area contributed by atoms with Gasteiger partial charge in [-0.25, -0.2) is 4.98 Å². The molecule has 102 valence electrons. The summed E-state index contributed by atoms with van der Waals surface area (Å²) >= 11 is 0. The van der Waals surface area contributed by atoms with Crippen LogP contribution >= 0.6 is 0 Å². The molecule has 0 aliphatic carbocycles. The van der Waals surface area contributed by atoms with E-state index in [0.717, 1.165) is 12.8 Å². The van der Waals surface area contributed by atoms with Crippen LogP contribution in [0.3, 0.4) is 0 Å². The average Bonchev–Trinajstić information content (AvgIpc) is 2.92. The minimum Gasteiger partial charge on any atom is -0.370 e. The number of carbonyl (C=O) groups is 1. The van der Waals surface area contributed by atoms with E-state index in [0.29, 0.717) is 25.5 Å². The van der Waals surface area contributed by atoms with Crippen molar-refractivity contribution in [3.05, 3.63) is 27.9 Å². The molecule has 1 aromatic heterocycles. The molecule has 2 heterocycles. The number of anilines is 1. The lowest BCUT2D eigenvalue weighted by molar-refractivity contribution is -0.385. The quantitative estimate of drug-likeness (QED) is 0.660. The summed E-state index contributed by atoms with van der Waals surface area (Å²) in [5.74, 6) is 0.217. The summed E-state index contributed by atoms with van der Waals surface area (Å²) in [6.07, 6.45) is 3.12. The van der Waals surface area contributed by atoms with Crippen molar-refractivity contribution < 1.29 is 9.72 Å². The van der Waals surface area contributed by atoms with Crippen molar-refractivity contribution in [1.29, 1.82) is 0 Å². The number of aromatic nitrogens is 1. The standard InChI is InChI=1S/C12H16N4O3/c1-2-13-11-10(7-9(8-14-11)16(18)19)12(17)15-5-3-4-6-15/h7-8H,2-6H2,1H3,(H,13,14).